The molecule has 100 valence electrons. The molecule has 1 aliphatic rings. The van der Waals surface area contributed by atoms with E-state index in [2.05, 4.69) is 4.74 Å². The summed E-state index contributed by atoms with van der Waals surface area (Å²) < 4.78 is 77.0. The average molecular weight is 264 g/mol. The van der Waals surface area contributed by atoms with Crippen LogP contribution in [0.5, 0.6) is 0 Å². The number of hydrogen-bond acceptors (Lipinski definition) is 2. The summed E-state index contributed by atoms with van der Waals surface area (Å²) in [5.41, 5.74) is -1.30. The highest BCUT2D eigenvalue weighted by Crippen LogP contribution is 2.44. The van der Waals surface area contributed by atoms with Crippen LogP contribution in [0.15, 0.2) is 0 Å². The van der Waals surface area contributed by atoms with Gasteiger partial charge in [-0.2, -0.15) is 26.3 Å². The second-order valence-corrected chi connectivity index (χ2v) is 4.44. The van der Waals surface area contributed by atoms with Gasteiger partial charge in [0.25, 0.3) is 0 Å². The maximum atomic E-state index is 12.2. The summed E-state index contributed by atoms with van der Waals surface area (Å²) in [6, 6.07) is 0. The van der Waals surface area contributed by atoms with Crippen molar-refractivity contribution >= 4 is 5.78 Å². The van der Waals surface area contributed by atoms with Crippen LogP contribution < -0.4 is 0 Å². The summed E-state index contributed by atoms with van der Waals surface area (Å²) in [7, 11) is 0. The van der Waals surface area contributed by atoms with Gasteiger partial charge in [-0.3, -0.25) is 4.79 Å². The zero-order valence-corrected chi connectivity index (χ0v) is 8.95. The minimum absolute atomic E-state index is 0.411. The standard InChI is InChI=1S/C9H10F6O2/c1-7(2)4(16)3-5(7)17-6(8(10,11)12)9(13,14)15/h5-6H,3H2,1-2H3. The minimum atomic E-state index is -5.53. The van der Waals surface area contributed by atoms with Gasteiger partial charge in [-0.15, -0.1) is 0 Å². The molecule has 0 aliphatic heterocycles. The highest BCUT2D eigenvalue weighted by Gasteiger charge is 2.61. The number of ketones is 1. The lowest BCUT2D eigenvalue weighted by Gasteiger charge is -2.43. The Morgan fingerprint density at radius 2 is 1.59 bits per heavy atom. The lowest BCUT2D eigenvalue weighted by molar-refractivity contribution is -0.340. The monoisotopic (exact) mass is 264 g/mol. The first-order valence-corrected chi connectivity index (χ1v) is 4.69. The first-order valence-electron chi connectivity index (χ1n) is 4.69. The molecule has 0 amide bonds. The van der Waals surface area contributed by atoms with Crippen LogP contribution in [0.1, 0.15) is 20.3 Å². The molecule has 1 fully saturated rings. The van der Waals surface area contributed by atoms with Gasteiger partial charge in [-0.25, -0.2) is 0 Å². The van der Waals surface area contributed by atoms with Crippen molar-refractivity contribution in [2.75, 3.05) is 0 Å². The van der Waals surface area contributed by atoms with Crippen LogP contribution in [0.4, 0.5) is 26.3 Å². The summed E-state index contributed by atoms with van der Waals surface area (Å²) in [5.74, 6) is -0.411. The van der Waals surface area contributed by atoms with Crippen molar-refractivity contribution in [2.24, 2.45) is 5.41 Å². The van der Waals surface area contributed by atoms with E-state index in [1.165, 1.54) is 13.8 Å². The van der Waals surface area contributed by atoms with Gasteiger partial charge >= 0.3 is 12.4 Å². The molecule has 17 heavy (non-hydrogen) atoms. The number of alkyl halides is 6. The molecule has 1 rings (SSSR count). The number of Topliss-reactive ketones (excluding diaryl/α,β-unsaturated/α-hetero) is 1. The Morgan fingerprint density at radius 1 is 1.18 bits per heavy atom. The van der Waals surface area contributed by atoms with Crippen molar-refractivity contribution < 1.29 is 35.9 Å². The van der Waals surface area contributed by atoms with E-state index in [-0.39, 0.29) is 0 Å². The van der Waals surface area contributed by atoms with Gasteiger partial charge in [-0.05, 0) is 0 Å². The predicted octanol–water partition coefficient (Wildman–Crippen LogP) is 2.86. The van der Waals surface area contributed by atoms with Crippen LogP contribution in [-0.2, 0) is 9.53 Å². The van der Waals surface area contributed by atoms with Crippen LogP contribution in [-0.4, -0.2) is 30.3 Å². The number of ether oxygens (including phenoxy) is 1. The number of halogens is 6. The van der Waals surface area contributed by atoms with Gasteiger partial charge in [0.05, 0.1) is 11.5 Å². The van der Waals surface area contributed by atoms with E-state index in [4.69, 9.17) is 0 Å². The maximum absolute atomic E-state index is 12.2. The van der Waals surface area contributed by atoms with Crippen LogP contribution in [0, 0.1) is 5.41 Å². The third-order valence-corrected chi connectivity index (χ3v) is 2.79. The Bertz CT molecular complexity index is 302. The third-order valence-electron chi connectivity index (χ3n) is 2.79. The van der Waals surface area contributed by atoms with Crippen LogP contribution >= 0.6 is 0 Å². The van der Waals surface area contributed by atoms with Gasteiger partial charge in [-0.1, -0.05) is 13.8 Å². The van der Waals surface area contributed by atoms with E-state index >= 15 is 0 Å². The quantitative estimate of drug-likeness (QED) is 0.717. The number of rotatable bonds is 2. The summed E-state index contributed by atoms with van der Waals surface area (Å²) >= 11 is 0. The fourth-order valence-electron chi connectivity index (χ4n) is 1.46. The molecule has 0 aromatic carbocycles. The fourth-order valence-corrected chi connectivity index (χ4v) is 1.46. The van der Waals surface area contributed by atoms with Crippen molar-refractivity contribution in [3.63, 3.8) is 0 Å². The highest BCUT2D eigenvalue weighted by atomic mass is 19.4. The minimum Gasteiger partial charge on any atom is -0.356 e. The van der Waals surface area contributed by atoms with Crippen molar-refractivity contribution in [1.82, 2.24) is 0 Å². The van der Waals surface area contributed by atoms with E-state index < -0.39 is 42.2 Å². The van der Waals surface area contributed by atoms with Crippen molar-refractivity contribution in [3.8, 4) is 0 Å². The van der Waals surface area contributed by atoms with E-state index in [0.29, 0.717) is 0 Å². The summed E-state index contributed by atoms with van der Waals surface area (Å²) in [4.78, 5) is 11.0. The average Bonchev–Trinajstić information content (AvgIpc) is 2.07. The molecule has 2 nitrogen and oxygen atoms in total. The second kappa shape index (κ2) is 3.86. The van der Waals surface area contributed by atoms with Gasteiger partial charge in [0.15, 0.2) is 0 Å². The molecule has 1 aliphatic carbocycles. The maximum Gasteiger partial charge on any atom is 0.423 e. The number of hydrogen-bond donors (Lipinski definition) is 0. The van der Waals surface area contributed by atoms with E-state index in [9.17, 15) is 31.1 Å². The van der Waals surface area contributed by atoms with Gasteiger partial charge < -0.3 is 4.74 Å². The largest absolute Gasteiger partial charge is 0.423 e. The first kappa shape index (κ1) is 14.3. The zero-order valence-electron chi connectivity index (χ0n) is 8.95. The van der Waals surface area contributed by atoms with E-state index in [0.717, 1.165) is 0 Å². The topological polar surface area (TPSA) is 26.3 Å². The third kappa shape index (κ3) is 2.72. The first-order chi connectivity index (χ1) is 7.37. The Kier molecular flexibility index (Phi) is 3.24. The highest BCUT2D eigenvalue weighted by molar-refractivity contribution is 5.91. The van der Waals surface area contributed by atoms with E-state index in [1.807, 2.05) is 0 Å². The molecule has 0 aromatic rings. The number of carbonyl (C=O) groups is 1. The normalized spacial score (nSPS) is 25.0. The Hall–Kier alpha value is -0.790. The van der Waals surface area contributed by atoms with Gasteiger partial charge in [0, 0.05) is 6.42 Å². The summed E-state index contributed by atoms with van der Waals surface area (Å²) in [6.07, 6.45) is -16.7. The molecular formula is C9H10F6O2. The lowest BCUT2D eigenvalue weighted by atomic mass is 9.68. The predicted molar refractivity (Wildman–Crippen MR) is 44.2 cm³/mol. The molecule has 0 saturated heterocycles. The Morgan fingerprint density at radius 3 is 1.82 bits per heavy atom. The van der Waals surface area contributed by atoms with Crippen molar-refractivity contribution in [3.05, 3.63) is 0 Å². The molecule has 0 aromatic heterocycles. The molecule has 0 radical (unpaired) electrons. The van der Waals surface area contributed by atoms with Gasteiger partial charge in [0.1, 0.15) is 5.78 Å². The van der Waals surface area contributed by atoms with Crippen molar-refractivity contribution in [2.45, 2.75) is 44.8 Å². The molecule has 0 heterocycles. The summed E-state index contributed by atoms with van der Waals surface area (Å²) in [6.45, 7) is 2.51. The molecule has 1 atom stereocenters. The Balaban J connectivity index is 2.80. The molecule has 1 saturated carbocycles. The second-order valence-electron chi connectivity index (χ2n) is 4.44. The van der Waals surface area contributed by atoms with Crippen LogP contribution in [0.3, 0.4) is 0 Å². The Labute approximate surface area is 92.9 Å². The summed E-state index contributed by atoms with van der Waals surface area (Å²) in [5, 5.41) is 0. The molecule has 0 bridgehead atoms. The van der Waals surface area contributed by atoms with E-state index in [1.54, 1.807) is 0 Å². The molecule has 0 spiro atoms. The smallest absolute Gasteiger partial charge is 0.356 e. The molecule has 0 N–H and O–H groups in total. The molecule has 8 heteroatoms. The molecular weight excluding hydrogens is 254 g/mol. The lowest BCUT2D eigenvalue weighted by Crippen LogP contribution is -2.57. The van der Waals surface area contributed by atoms with Crippen molar-refractivity contribution in [1.29, 1.82) is 0 Å². The zero-order chi connectivity index (χ0) is 13.6. The SMILES string of the molecule is CC1(C)C(=O)CC1OC(C(F)(F)F)C(F)(F)F. The fraction of sp³-hybridized carbons (Fsp3) is 0.889. The number of carbonyl (C=O) groups excluding carboxylic acids is 1. The molecule has 1 unspecified atom stereocenters. The van der Waals surface area contributed by atoms with Gasteiger partial charge in [0.2, 0.25) is 6.10 Å². The van der Waals surface area contributed by atoms with Crippen LogP contribution in [0.2, 0.25) is 0 Å². The van der Waals surface area contributed by atoms with Crippen LogP contribution in [0.25, 0.3) is 0 Å².